The summed E-state index contributed by atoms with van der Waals surface area (Å²) >= 11 is 0. The van der Waals surface area contributed by atoms with E-state index in [-0.39, 0.29) is 17.5 Å². The van der Waals surface area contributed by atoms with Gasteiger partial charge in [-0.3, -0.25) is 0 Å². The second-order valence-electron chi connectivity index (χ2n) is 6.81. The third-order valence-electron chi connectivity index (χ3n) is 4.79. The average molecular weight is 358 g/mol. The number of imidazole rings is 1. The smallest absolute Gasteiger partial charge is 0.177 e. The van der Waals surface area contributed by atoms with Crippen molar-refractivity contribution in [1.29, 1.82) is 0 Å². The van der Waals surface area contributed by atoms with Crippen LogP contribution in [0.25, 0.3) is 5.65 Å². The van der Waals surface area contributed by atoms with Crippen LogP contribution in [0.4, 0.5) is 26.0 Å². The number of hydrogen-bond donors (Lipinski definition) is 3. The molecule has 1 aliphatic rings. The first-order chi connectivity index (χ1) is 12.5. The fourth-order valence-corrected chi connectivity index (χ4v) is 3.50. The van der Waals surface area contributed by atoms with E-state index >= 15 is 0 Å². The van der Waals surface area contributed by atoms with Gasteiger partial charge in [0, 0.05) is 29.8 Å². The number of benzene rings is 1. The van der Waals surface area contributed by atoms with Gasteiger partial charge in [0.1, 0.15) is 17.5 Å². The fourth-order valence-electron chi connectivity index (χ4n) is 3.50. The van der Waals surface area contributed by atoms with Crippen molar-refractivity contribution in [2.24, 2.45) is 5.73 Å². The number of nitrogen functional groups attached to an aromatic ring is 1. The molecule has 0 spiro atoms. The number of nitrogens with two attached hydrogens (primary N) is 2. The highest BCUT2D eigenvalue weighted by molar-refractivity contribution is 5.75. The summed E-state index contributed by atoms with van der Waals surface area (Å²) in [5, 5.41) is 7.25. The minimum absolute atomic E-state index is 0.261. The lowest BCUT2D eigenvalue weighted by Gasteiger charge is -2.24. The standard InChI is InChI=1S/C18H20F2N6/c19-11-5-12(20)7-14(6-11)23-15-8-17(22)25-26-9-16(24-18(15)26)10-1-3-13(21)4-2-10/h5-10,13,23H,1-4,21H2,(H2,22,25)/t10-,13-. The Morgan fingerprint density at radius 3 is 2.42 bits per heavy atom. The number of hydrogen-bond acceptors (Lipinski definition) is 5. The van der Waals surface area contributed by atoms with E-state index < -0.39 is 11.6 Å². The Bertz CT molecular complexity index is 926. The van der Waals surface area contributed by atoms with Crippen LogP contribution in [0.3, 0.4) is 0 Å². The van der Waals surface area contributed by atoms with Crippen LogP contribution in [0.2, 0.25) is 0 Å². The second-order valence-corrected chi connectivity index (χ2v) is 6.81. The summed E-state index contributed by atoms with van der Waals surface area (Å²) in [5.74, 6) is -0.704. The molecular weight excluding hydrogens is 338 g/mol. The van der Waals surface area contributed by atoms with Crippen molar-refractivity contribution in [3.63, 3.8) is 0 Å². The Morgan fingerprint density at radius 2 is 1.73 bits per heavy atom. The summed E-state index contributed by atoms with van der Waals surface area (Å²) in [7, 11) is 0. The van der Waals surface area contributed by atoms with Crippen molar-refractivity contribution in [2.45, 2.75) is 37.6 Å². The molecule has 0 aliphatic heterocycles. The monoisotopic (exact) mass is 358 g/mol. The summed E-state index contributed by atoms with van der Waals surface area (Å²) in [6.45, 7) is 0. The maximum absolute atomic E-state index is 13.5. The molecule has 0 unspecified atom stereocenters. The summed E-state index contributed by atoms with van der Waals surface area (Å²) in [5.41, 5.74) is 14.2. The minimum Gasteiger partial charge on any atom is -0.382 e. The lowest BCUT2D eigenvalue weighted by molar-refractivity contribution is 0.391. The number of nitrogens with zero attached hydrogens (tertiary/aromatic N) is 3. The first-order valence-electron chi connectivity index (χ1n) is 8.62. The van der Waals surface area contributed by atoms with Gasteiger partial charge in [0.05, 0.1) is 17.6 Å². The molecule has 0 atom stereocenters. The highest BCUT2D eigenvalue weighted by atomic mass is 19.1. The van der Waals surface area contributed by atoms with Crippen molar-refractivity contribution in [3.8, 4) is 0 Å². The van der Waals surface area contributed by atoms with E-state index in [1.165, 1.54) is 12.1 Å². The number of anilines is 3. The van der Waals surface area contributed by atoms with Gasteiger partial charge in [-0.25, -0.2) is 18.3 Å². The molecule has 1 aromatic carbocycles. The van der Waals surface area contributed by atoms with Crippen molar-refractivity contribution >= 4 is 22.8 Å². The normalized spacial score (nSPS) is 20.4. The maximum Gasteiger partial charge on any atom is 0.177 e. The molecule has 5 N–H and O–H groups in total. The van der Waals surface area contributed by atoms with Crippen LogP contribution >= 0.6 is 0 Å². The van der Waals surface area contributed by atoms with Crippen LogP contribution in [-0.2, 0) is 0 Å². The Kier molecular flexibility index (Phi) is 4.20. The Labute approximate surface area is 149 Å². The van der Waals surface area contributed by atoms with Gasteiger partial charge in [-0.15, -0.1) is 5.10 Å². The van der Waals surface area contributed by atoms with Crippen LogP contribution < -0.4 is 16.8 Å². The third kappa shape index (κ3) is 3.32. The lowest BCUT2D eigenvalue weighted by Crippen LogP contribution is -2.25. The molecule has 3 aromatic rings. The van der Waals surface area contributed by atoms with Crippen LogP contribution in [-0.4, -0.2) is 20.6 Å². The molecule has 0 bridgehead atoms. The van der Waals surface area contributed by atoms with Gasteiger partial charge < -0.3 is 16.8 Å². The summed E-state index contributed by atoms with van der Waals surface area (Å²) in [6, 6.07) is 5.11. The zero-order chi connectivity index (χ0) is 18.3. The SMILES string of the molecule is Nc1cc(Nc2cc(F)cc(F)c2)c2nc([C@H]3CC[C@H](N)CC3)cn2n1. The molecule has 0 radical (unpaired) electrons. The molecule has 4 rings (SSSR count). The van der Waals surface area contributed by atoms with Crippen LogP contribution in [0.15, 0.2) is 30.5 Å². The fraction of sp³-hybridized carbons (Fsp3) is 0.333. The Hall–Kier alpha value is -2.74. The van der Waals surface area contributed by atoms with E-state index in [2.05, 4.69) is 10.4 Å². The van der Waals surface area contributed by atoms with Gasteiger partial charge in [-0.1, -0.05) is 0 Å². The van der Waals surface area contributed by atoms with E-state index in [4.69, 9.17) is 16.5 Å². The Balaban J connectivity index is 1.70. The molecule has 2 heterocycles. The minimum atomic E-state index is -0.659. The van der Waals surface area contributed by atoms with Gasteiger partial charge in [-0.05, 0) is 37.8 Å². The molecule has 2 aromatic heterocycles. The van der Waals surface area contributed by atoms with E-state index in [9.17, 15) is 8.78 Å². The highest BCUT2D eigenvalue weighted by Crippen LogP contribution is 2.33. The van der Waals surface area contributed by atoms with Gasteiger partial charge in [0.15, 0.2) is 5.65 Å². The summed E-state index contributed by atoms with van der Waals surface area (Å²) in [6.07, 6.45) is 5.78. The second kappa shape index (κ2) is 6.53. The number of rotatable bonds is 3. The molecule has 26 heavy (non-hydrogen) atoms. The molecule has 1 saturated carbocycles. The van der Waals surface area contributed by atoms with Gasteiger partial charge in [0.25, 0.3) is 0 Å². The first kappa shape index (κ1) is 16.7. The van der Waals surface area contributed by atoms with Crippen molar-refractivity contribution in [2.75, 3.05) is 11.1 Å². The summed E-state index contributed by atoms with van der Waals surface area (Å²) < 4.78 is 28.5. The lowest BCUT2D eigenvalue weighted by atomic mass is 9.85. The highest BCUT2D eigenvalue weighted by Gasteiger charge is 2.23. The predicted octanol–water partition coefficient (Wildman–Crippen LogP) is 3.32. The average Bonchev–Trinajstić information content (AvgIpc) is 2.98. The molecule has 0 saturated heterocycles. The topological polar surface area (TPSA) is 94.3 Å². The zero-order valence-corrected chi connectivity index (χ0v) is 14.1. The number of fused-ring (bicyclic) bond motifs is 1. The molecule has 0 amide bonds. The van der Waals surface area contributed by atoms with E-state index in [1.54, 1.807) is 10.6 Å². The zero-order valence-electron chi connectivity index (χ0n) is 14.1. The van der Waals surface area contributed by atoms with Crippen LogP contribution in [0.1, 0.15) is 37.3 Å². The molecule has 8 heteroatoms. The van der Waals surface area contributed by atoms with Crippen molar-refractivity contribution in [3.05, 3.63) is 47.8 Å². The van der Waals surface area contributed by atoms with E-state index in [0.717, 1.165) is 37.4 Å². The predicted molar refractivity (Wildman–Crippen MR) is 96.2 cm³/mol. The number of halogens is 2. The molecule has 6 nitrogen and oxygen atoms in total. The quantitative estimate of drug-likeness (QED) is 0.668. The van der Waals surface area contributed by atoms with Crippen LogP contribution in [0.5, 0.6) is 0 Å². The largest absolute Gasteiger partial charge is 0.382 e. The van der Waals surface area contributed by atoms with Crippen molar-refractivity contribution in [1.82, 2.24) is 14.6 Å². The number of aromatic nitrogens is 3. The third-order valence-corrected chi connectivity index (χ3v) is 4.79. The Morgan fingerprint density at radius 1 is 1.04 bits per heavy atom. The van der Waals surface area contributed by atoms with E-state index in [1.807, 2.05) is 6.20 Å². The molecule has 136 valence electrons. The molecule has 1 fully saturated rings. The van der Waals surface area contributed by atoms with Gasteiger partial charge in [0.2, 0.25) is 0 Å². The van der Waals surface area contributed by atoms with Crippen LogP contribution in [0, 0.1) is 11.6 Å². The van der Waals surface area contributed by atoms with E-state index in [0.29, 0.717) is 17.3 Å². The molecule has 1 aliphatic carbocycles. The maximum atomic E-state index is 13.5. The van der Waals surface area contributed by atoms with Crippen molar-refractivity contribution < 1.29 is 8.78 Å². The van der Waals surface area contributed by atoms with Gasteiger partial charge in [-0.2, -0.15) is 0 Å². The number of nitrogens with one attached hydrogen (secondary N) is 1. The summed E-state index contributed by atoms with van der Waals surface area (Å²) in [4.78, 5) is 4.70. The first-order valence-corrected chi connectivity index (χ1v) is 8.62. The molecular formula is C18H20F2N6. The van der Waals surface area contributed by atoms with Gasteiger partial charge >= 0.3 is 0 Å².